The van der Waals surface area contributed by atoms with E-state index in [2.05, 4.69) is 82.3 Å². The second kappa shape index (κ2) is 6.84. The van der Waals surface area contributed by atoms with Crippen molar-refractivity contribution < 1.29 is 4.42 Å². The number of rotatable bonds is 2. The van der Waals surface area contributed by atoms with Crippen LogP contribution < -0.4 is 0 Å². The number of nitrogens with zero attached hydrogens (tertiary/aromatic N) is 1. The monoisotopic (exact) mass is 391 g/mol. The fourth-order valence-electron chi connectivity index (χ4n) is 4.26. The fraction of sp³-hybridized carbons (Fsp3) is 0.179. The minimum Gasteiger partial charge on any atom is -0.456 e. The predicted molar refractivity (Wildman–Crippen MR) is 126 cm³/mol. The van der Waals surface area contributed by atoms with Gasteiger partial charge in [-0.15, -0.1) is 0 Å². The molecule has 0 amide bonds. The van der Waals surface area contributed by atoms with E-state index in [1.807, 2.05) is 24.4 Å². The maximum absolute atomic E-state index is 6.20. The minimum atomic E-state index is 0.0442. The van der Waals surface area contributed by atoms with Gasteiger partial charge in [0.2, 0.25) is 0 Å². The van der Waals surface area contributed by atoms with Crippen LogP contribution in [0, 0.1) is 6.92 Å². The Morgan fingerprint density at radius 1 is 0.767 bits per heavy atom. The Hall–Kier alpha value is -3.39. The van der Waals surface area contributed by atoms with Gasteiger partial charge in [0.1, 0.15) is 11.3 Å². The molecule has 0 aliphatic heterocycles. The van der Waals surface area contributed by atoms with Gasteiger partial charge in [-0.1, -0.05) is 63.2 Å². The van der Waals surface area contributed by atoms with Gasteiger partial charge in [-0.05, 0) is 59.0 Å². The molecule has 0 radical (unpaired) electrons. The first-order valence-corrected chi connectivity index (χ1v) is 10.4. The molecular weight excluding hydrogens is 366 g/mol. The Bertz CT molecular complexity index is 1390. The third-order valence-electron chi connectivity index (χ3n) is 5.83. The van der Waals surface area contributed by atoms with Gasteiger partial charge in [-0.3, -0.25) is 4.98 Å². The SMILES string of the molecule is Cc1c(-c2ccnc(-c3cc(C(C)(C)C)c4ccccc4c3)c2)oc2ccccc12. The van der Waals surface area contributed by atoms with E-state index in [4.69, 9.17) is 9.40 Å². The number of aromatic nitrogens is 1. The van der Waals surface area contributed by atoms with Gasteiger partial charge in [-0.25, -0.2) is 0 Å². The smallest absolute Gasteiger partial charge is 0.138 e. The number of hydrogen-bond acceptors (Lipinski definition) is 2. The van der Waals surface area contributed by atoms with Crippen molar-refractivity contribution in [3.63, 3.8) is 0 Å². The lowest BCUT2D eigenvalue weighted by molar-refractivity contribution is 0.596. The number of para-hydroxylation sites is 1. The summed E-state index contributed by atoms with van der Waals surface area (Å²) in [6.07, 6.45) is 1.88. The Labute approximate surface area is 177 Å². The molecular formula is C28H25NO. The third kappa shape index (κ3) is 3.09. The summed E-state index contributed by atoms with van der Waals surface area (Å²) in [5.74, 6) is 0.914. The predicted octanol–water partition coefficient (Wildman–Crippen LogP) is 7.92. The highest BCUT2D eigenvalue weighted by Crippen LogP contribution is 2.37. The van der Waals surface area contributed by atoms with Gasteiger partial charge in [0.25, 0.3) is 0 Å². The summed E-state index contributed by atoms with van der Waals surface area (Å²) < 4.78 is 6.20. The van der Waals surface area contributed by atoms with Crippen LogP contribution in [0.4, 0.5) is 0 Å². The average Bonchev–Trinajstić information content (AvgIpc) is 3.09. The van der Waals surface area contributed by atoms with Crippen LogP contribution in [0.15, 0.2) is 83.4 Å². The van der Waals surface area contributed by atoms with Crippen molar-refractivity contribution in [3.8, 4) is 22.6 Å². The highest BCUT2D eigenvalue weighted by molar-refractivity contribution is 5.92. The van der Waals surface area contributed by atoms with Gasteiger partial charge in [0, 0.05) is 28.3 Å². The Morgan fingerprint density at radius 2 is 1.50 bits per heavy atom. The van der Waals surface area contributed by atoms with Crippen molar-refractivity contribution in [1.82, 2.24) is 4.98 Å². The van der Waals surface area contributed by atoms with Crippen LogP contribution in [-0.2, 0) is 5.41 Å². The minimum absolute atomic E-state index is 0.0442. The van der Waals surface area contributed by atoms with Crippen molar-refractivity contribution in [2.24, 2.45) is 0 Å². The number of benzene rings is 3. The van der Waals surface area contributed by atoms with Crippen LogP contribution in [0.3, 0.4) is 0 Å². The van der Waals surface area contributed by atoms with Gasteiger partial charge in [-0.2, -0.15) is 0 Å². The molecule has 2 nitrogen and oxygen atoms in total. The van der Waals surface area contributed by atoms with Crippen molar-refractivity contribution in [3.05, 3.63) is 90.1 Å². The second-order valence-electron chi connectivity index (χ2n) is 8.98. The average molecular weight is 392 g/mol. The summed E-state index contributed by atoms with van der Waals surface area (Å²) in [4.78, 5) is 4.71. The van der Waals surface area contributed by atoms with E-state index in [0.29, 0.717) is 0 Å². The lowest BCUT2D eigenvalue weighted by Crippen LogP contribution is -2.12. The quantitative estimate of drug-likeness (QED) is 0.305. The maximum Gasteiger partial charge on any atom is 0.138 e. The molecule has 5 aromatic rings. The topological polar surface area (TPSA) is 26.0 Å². The first-order valence-electron chi connectivity index (χ1n) is 10.4. The summed E-state index contributed by atoms with van der Waals surface area (Å²) in [7, 11) is 0. The maximum atomic E-state index is 6.20. The molecule has 0 saturated heterocycles. The van der Waals surface area contributed by atoms with Crippen molar-refractivity contribution >= 4 is 21.7 Å². The lowest BCUT2D eigenvalue weighted by atomic mass is 9.82. The van der Waals surface area contributed by atoms with Gasteiger partial charge in [0.05, 0.1) is 5.69 Å². The standard InChI is InChI=1S/C28H25NO/c1-18-22-10-7-8-12-26(22)30-27(18)20-13-14-29-25(17-20)21-15-19-9-5-6-11-23(19)24(16-21)28(2,3)4/h5-17H,1-4H3. The van der Waals surface area contributed by atoms with Gasteiger partial charge in [0.15, 0.2) is 0 Å². The first-order chi connectivity index (χ1) is 14.4. The zero-order valence-electron chi connectivity index (χ0n) is 17.9. The highest BCUT2D eigenvalue weighted by Gasteiger charge is 2.19. The molecule has 0 N–H and O–H groups in total. The van der Waals surface area contributed by atoms with E-state index < -0.39 is 0 Å². The first kappa shape index (κ1) is 18.6. The molecule has 0 aliphatic rings. The molecule has 2 heteroatoms. The molecule has 0 aliphatic carbocycles. The van der Waals surface area contributed by atoms with Crippen molar-refractivity contribution in [2.45, 2.75) is 33.1 Å². The van der Waals surface area contributed by atoms with Crippen LogP contribution >= 0.6 is 0 Å². The van der Waals surface area contributed by atoms with Crippen LogP contribution in [0.2, 0.25) is 0 Å². The van der Waals surface area contributed by atoms with Crippen molar-refractivity contribution in [2.75, 3.05) is 0 Å². The number of pyridine rings is 1. The molecule has 2 heterocycles. The molecule has 2 aromatic heterocycles. The zero-order valence-corrected chi connectivity index (χ0v) is 17.9. The van der Waals surface area contributed by atoms with E-state index in [-0.39, 0.29) is 5.41 Å². The van der Waals surface area contributed by atoms with E-state index in [1.54, 1.807) is 0 Å². The van der Waals surface area contributed by atoms with E-state index >= 15 is 0 Å². The number of furan rings is 1. The highest BCUT2D eigenvalue weighted by atomic mass is 16.3. The normalized spacial score (nSPS) is 12.0. The summed E-state index contributed by atoms with van der Waals surface area (Å²) in [6.45, 7) is 8.91. The molecule has 0 bridgehead atoms. The lowest BCUT2D eigenvalue weighted by Gasteiger charge is -2.22. The molecule has 3 aromatic carbocycles. The summed E-state index contributed by atoms with van der Waals surface area (Å²) >= 11 is 0. The van der Waals surface area contributed by atoms with Crippen molar-refractivity contribution in [1.29, 1.82) is 0 Å². The second-order valence-corrected chi connectivity index (χ2v) is 8.98. The molecule has 5 rings (SSSR count). The van der Waals surface area contributed by atoms with Crippen LogP contribution in [0.25, 0.3) is 44.3 Å². The van der Waals surface area contributed by atoms with Crippen LogP contribution in [0.1, 0.15) is 31.9 Å². The number of hydrogen-bond donors (Lipinski definition) is 0. The molecule has 0 spiro atoms. The third-order valence-corrected chi connectivity index (χ3v) is 5.83. The largest absolute Gasteiger partial charge is 0.456 e. The zero-order chi connectivity index (χ0) is 20.9. The molecule has 0 unspecified atom stereocenters. The van der Waals surface area contributed by atoms with E-state index in [0.717, 1.165) is 39.1 Å². The number of fused-ring (bicyclic) bond motifs is 2. The fourth-order valence-corrected chi connectivity index (χ4v) is 4.26. The molecule has 30 heavy (non-hydrogen) atoms. The van der Waals surface area contributed by atoms with E-state index in [9.17, 15) is 0 Å². The van der Waals surface area contributed by atoms with Crippen LogP contribution in [-0.4, -0.2) is 4.98 Å². The summed E-state index contributed by atoms with van der Waals surface area (Å²) in [6, 6.07) is 25.5. The molecule has 0 fully saturated rings. The summed E-state index contributed by atoms with van der Waals surface area (Å²) in [5.41, 5.74) is 6.61. The summed E-state index contributed by atoms with van der Waals surface area (Å²) in [5, 5.41) is 3.71. The van der Waals surface area contributed by atoms with Gasteiger partial charge >= 0.3 is 0 Å². The molecule has 0 atom stereocenters. The Kier molecular flexibility index (Phi) is 4.25. The Morgan fingerprint density at radius 3 is 2.27 bits per heavy atom. The Balaban J connectivity index is 1.69. The van der Waals surface area contributed by atoms with Gasteiger partial charge < -0.3 is 4.42 Å². The molecule has 148 valence electrons. The van der Waals surface area contributed by atoms with Crippen LogP contribution in [0.5, 0.6) is 0 Å². The molecule has 0 saturated carbocycles. The number of aryl methyl sites for hydroxylation is 1. The van der Waals surface area contributed by atoms with E-state index in [1.165, 1.54) is 16.3 Å².